The summed E-state index contributed by atoms with van der Waals surface area (Å²) >= 11 is 0. The van der Waals surface area contributed by atoms with Gasteiger partial charge in [-0.1, -0.05) is 24.3 Å². The van der Waals surface area contributed by atoms with E-state index in [0.717, 1.165) is 16.9 Å². The molecule has 1 aromatic carbocycles. The average molecular weight is 363 g/mol. The Kier molecular flexibility index (Phi) is 3.87. The van der Waals surface area contributed by atoms with Gasteiger partial charge in [-0.05, 0) is 38.5 Å². The second kappa shape index (κ2) is 6.12. The number of aromatic nitrogens is 5. The van der Waals surface area contributed by atoms with Gasteiger partial charge in [-0.15, -0.1) is 0 Å². The van der Waals surface area contributed by atoms with Crippen LogP contribution in [0.1, 0.15) is 18.2 Å². The van der Waals surface area contributed by atoms with Crippen LogP contribution in [-0.2, 0) is 13.6 Å². The summed E-state index contributed by atoms with van der Waals surface area (Å²) in [6.45, 7) is 6.10. The molecular weight excluding hydrogens is 342 g/mol. The third-order valence-electron chi connectivity index (χ3n) is 4.81. The second-order valence-electron chi connectivity index (χ2n) is 6.73. The van der Waals surface area contributed by atoms with E-state index in [0.29, 0.717) is 16.9 Å². The molecule has 7 heteroatoms. The van der Waals surface area contributed by atoms with Crippen molar-refractivity contribution in [3.05, 3.63) is 74.7 Å². The van der Waals surface area contributed by atoms with Crippen LogP contribution in [-0.4, -0.2) is 23.1 Å². The van der Waals surface area contributed by atoms with Crippen LogP contribution in [0.4, 0.5) is 0 Å². The molecule has 7 nitrogen and oxygen atoms in total. The van der Waals surface area contributed by atoms with E-state index in [1.165, 1.54) is 9.13 Å². The fourth-order valence-corrected chi connectivity index (χ4v) is 3.47. The van der Waals surface area contributed by atoms with E-state index < -0.39 is 0 Å². The monoisotopic (exact) mass is 363 g/mol. The molecule has 0 amide bonds. The van der Waals surface area contributed by atoms with E-state index in [2.05, 4.69) is 11.1 Å². The first-order valence-corrected chi connectivity index (χ1v) is 8.82. The van der Waals surface area contributed by atoms with Crippen molar-refractivity contribution in [2.45, 2.75) is 27.3 Å². The van der Waals surface area contributed by atoms with Crippen LogP contribution in [0.15, 0.2) is 52.2 Å². The summed E-state index contributed by atoms with van der Waals surface area (Å²) in [5, 5.41) is 0. The molecule has 138 valence electrons. The normalized spacial score (nSPS) is 12.0. The Labute approximate surface area is 155 Å². The van der Waals surface area contributed by atoms with Gasteiger partial charge in [0, 0.05) is 31.2 Å². The van der Waals surface area contributed by atoms with Gasteiger partial charge in [-0.3, -0.25) is 22.9 Å². The Balaban J connectivity index is 2.12. The predicted molar refractivity (Wildman–Crippen MR) is 106 cm³/mol. The lowest BCUT2D eigenvalue weighted by Crippen LogP contribution is -2.39. The van der Waals surface area contributed by atoms with Crippen molar-refractivity contribution < 1.29 is 0 Å². The minimum Gasteiger partial charge on any atom is -0.283 e. The zero-order chi connectivity index (χ0) is 19.3. The summed E-state index contributed by atoms with van der Waals surface area (Å²) in [5.41, 5.74) is 3.15. The number of rotatable bonds is 3. The van der Waals surface area contributed by atoms with E-state index in [1.54, 1.807) is 17.5 Å². The van der Waals surface area contributed by atoms with Gasteiger partial charge < -0.3 is 0 Å². The lowest BCUT2D eigenvalue weighted by Gasteiger charge is -2.06. The van der Waals surface area contributed by atoms with Gasteiger partial charge in [-0.25, -0.2) is 4.79 Å². The lowest BCUT2D eigenvalue weighted by molar-refractivity contribution is 0.666. The Morgan fingerprint density at radius 2 is 1.96 bits per heavy atom. The van der Waals surface area contributed by atoms with E-state index in [9.17, 15) is 9.59 Å². The largest absolute Gasteiger partial charge is 0.332 e. The Bertz CT molecular complexity index is 1330. The van der Waals surface area contributed by atoms with Crippen LogP contribution in [0.2, 0.25) is 0 Å². The fourth-order valence-electron chi connectivity index (χ4n) is 3.47. The molecule has 0 radical (unpaired) electrons. The molecule has 27 heavy (non-hydrogen) atoms. The molecule has 0 atom stereocenters. The minimum atomic E-state index is -0.370. The molecule has 3 heterocycles. The van der Waals surface area contributed by atoms with Crippen molar-refractivity contribution >= 4 is 16.9 Å². The summed E-state index contributed by atoms with van der Waals surface area (Å²) in [4.78, 5) is 30.3. The molecular formula is C20H21N5O2. The molecule has 0 saturated heterocycles. The lowest BCUT2D eigenvalue weighted by atomic mass is 10.2. The van der Waals surface area contributed by atoms with Crippen molar-refractivity contribution in [1.29, 1.82) is 0 Å². The second-order valence-corrected chi connectivity index (χ2v) is 6.73. The van der Waals surface area contributed by atoms with Gasteiger partial charge in [0.1, 0.15) is 0 Å². The van der Waals surface area contributed by atoms with E-state index in [1.807, 2.05) is 55.8 Å². The quantitative estimate of drug-likeness (QED) is 0.525. The molecule has 4 rings (SSSR count). The van der Waals surface area contributed by atoms with Crippen molar-refractivity contribution in [2.75, 3.05) is 0 Å². The summed E-state index contributed by atoms with van der Waals surface area (Å²) in [5.74, 6) is 0.615. The van der Waals surface area contributed by atoms with Crippen LogP contribution in [0, 0.1) is 13.8 Å². The van der Waals surface area contributed by atoms with Gasteiger partial charge in [0.25, 0.3) is 5.56 Å². The van der Waals surface area contributed by atoms with Gasteiger partial charge in [0.15, 0.2) is 11.2 Å². The van der Waals surface area contributed by atoms with Gasteiger partial charge in [0.05, 0.1) is 0 Å². The maximum absolute atomic E-state index is 13.0. The SMILES string of the molecule is C/C=C\Cn1c(=O)c2c(nc3n(-c4cccc(C)c4)c(C)cn23)n(C)c1=O. The van der Waals surface area contributed by atoms with Crippen LogP contribution in [0.3, 0.4) is 0 Å². The number of benzene rings is 1. The van der Waals surface area contributed by atoms with E-state index >= 15 is 0 Å². The highest BCUT2D eigenvalue weighted by Crippen LogP contribution is 2.21. The molecule has 0 aliphatic rings. The third kappa shape index (κ3) is 2.46. The summed E-state index contributed by atoms with van der Waals surface area (Å²) in [6.07, 6.45) is 5.50. The molecule has 0 spiro atoms. The minimum absolute atomic E-state index is 0.239. The highest BCUT2D eigenvalue weighted by molar-refractivity contribution is 5.76. The number of allylic oxidation sites excluding steroid dienone is 2. The molecule has 0 aliphatic heterocycles. The molecule has 0 bridgehead atoms. The zero-order valence-electron chi connectivity index (χ0n) is 15.8. The highest BCUT2D eigenvalue weighted by Gasteiger charge is 2.20. The zero-order valence-corrected chi connectivity index (χ0v) is 15.8. The van der Waals surface area contributed by atoms with Gasteiger partial charge in [-0.2, -0.15) is 4.98 Å². The third-order valence-corrected chi connectivity index (χ3v) is 4.81. The Morgan fingerprint density at radius 1 is 1.19 bits per heavy atom. The van der Waals surface area contributed by atoms with Crippen LogP contribution >= 0.6 is 0 Å². The maximum atomic E-state index is 13.0. The standard InChI is InChI=1S/C20H21N5O2/c1-5-6-10-23-18(26)16-17(22(4)20(23)27)21-19-24(16)12-14(3)25(19)15-9-7-8-13(2)11-15/h5-9,11-12H,10H2,1-4H3/b6-5-. The predicted octanol–water partition coefficient (Wildman–Crippen LogP) is 2.33. The molecule has 4 aromatic rings. The van der Waals surface area contributed by atoms with Gasteiger partial charge >= 0.3 is 5.69 Å². The van der Waals surface area contributed by atoms with E-state index in [4.69, 9.17) is 0 Å². The number of hydrogen-bond acceptors (Lipinski definition) is 3. The Morgan fingerprint density at radius 3 is 2.67 bits per heavy atom. The van der Waals surface area contributed by atoms with Crippen molar-refractivity contribution in [1.82, 2.24) is 23.1 Å². The molecule has 0 aliphatic carbocycles. The molecule has 0 N–H and O–H groups in total. The maximum Gasteiger partial charge on any atom is 0.332 e. The van der Waals surface area contributed by atoms with Crippen LogP contribution < -0.4 is 11.2 Å². The van der Waals surface area contributed by atoms with E-state index in [-0.39, 0.29) is 17.8 Å². The average Bonchev–Trinajstić information content (AvgIpc) is 3.14. The summed E-state index contributed by atoms with van der Waals surface area (Å²) in [6, 6.07) is 8.09. The number of aryl methyl sites for hydroxylation is 3. The highest BCUT2D eigenvalue weighted by atomic mass is 16.2. The number of nitrogens with zero attached hydrogens (tertiary/aromatic N) is 5. The molecule has 0 unspecified atom stereocenters. The summed E-state index contributed by atoms with van der Waals surface area (Å²) in [7, 11) is 1.65. The first-order valence-electron chi connectivity index (χ1n) is 8.82. The van der Waals surface area contributed by atoms with Crippen LogP contribution in [0.5, 0.6) is 0 Å². The molecule has 0 saturated carbocycles. The molecule has 3 aromatic heterocycles. The fraction of sp³-hybridized carbons (Fsp3) is 0.250. The first-order chi connectivity index (χ1) is 12.9. The topological polar surface area (TPSA) is 66.2 Å². The summed E-state index contributed by atoms with van der Waals surface area (Å²) < 4.78 is 6.44. The number of fused-ring (bicyclic) bond motifs is 3. The van der Waals surface area contributed by atoms with Crippen molar-refractivity contribution in [3.8, 4) is 5.69 Å². The smallest absolute Gasteiger partial charge is 0.283 e. The van der Waals surface area contributed by atoms with Gasteiger partial charge in [0.2, 0.25) is 5.78 Å². The van der Waals surface area contributed by atoms with Crippen molar-refractivity contribution in [3.63, 3.8) is 0 Å². The number of imidazole rings is 2. The van der Waals surface area contributed by atoms with Crippen molar-refractivity contribution in [2.24, 2.45) is 7.05 Å². The first kappa shape index (κ1) is 17.1. The Hall–Kier alpha value is -3.35. The van der Waals surface area contributed by atoms with Crippen LogP contribution in [0.25, 0.3) is 22.6 Å². The number of hydrogen-bond donors (Lipinski definition) is 0. The molecule has 0 fully saturated rings.